The van der Waals surface area contributed by atoms with E-state index < -0.39 is 12.1 Å². The Kier molecular flexibility index (Phi) is 20.5. The van der Waals surface area contributed by atoms with Gasteiger partial charge in [0.2, 0.25) is 0 Å². The van der Waals surface area contributed by atoms with E-state index in [-0.39, 0.29) is 62.8 Å². The number of hydrogen-bond donors (Lipinski definition) is 0. The zero-order valence-electron chi connectivity index (χ0n) is 67.7. The van der Waals surface area contributed by atoms with Crippen LogP contribution in [-0.4, -0.2) is 60.8 Å². The first kappa shape index (κ1) is 79.4. The Morgan fingerprint density at radius 2 is 0.641 bits per heavy atom. The van der Waals surface area contributed by atoms with Gasteiger partial charge in [-0.1, -0.05) is 335 Å². The second-order valence-electron chi connectivity index (χ2n) is 31.4. The summed E-state index contributed by atoms with van der Waals surface area (Å²) >= 11 is 0. The maximum atomic E-state index is 13.9. The number of pyridine rings is 3. The molecule has 2 atom stereocenters. The molecule has 0 spiro atoms. The van der Waals surface area contributed by atoms with Gasteiger partial charge in [-0.2, -0.15) is 6.08 Å². The van der Waals surface area contributed by atoms with Crippen LogP contribution >= 0.6 is 0 Å². The van der Waals surface area contributed by atoms with Gasteiger partial charge in [0, 0.05) is 38.8 Å². The van der Waals surface area contributed by atoms with Crippen molar-refractivity contribution < 1.29 is 45.0 Å². The van der Waals surface area contributed by atoms with Crippen molar-refractivity contribution >= 4 is 66.8 Å². The molecule has 1 aliphatic carbocycles. The fourth-order valence-corrected chi connectivity index (χ4v) is 17.9. The third-order valence-corrected chi connectivity index (χ3v) is 24.0. The second kappa shape index (κ2) is 33.0. The summed E-state index contributed by atoms with van der Waals surface area (Å²) in [6.45, 7) is 0. The number of amides is 1. The van der Waals surface area contributed by atoms with E-state index in [1.54, 1.807) is 29.4 Å². The molecule has 7 aromatic heterocycles. The zero-order chi connectivity index (χ0) is 84.0. The number of aromatic nitrogens is 8. The largest absolute Gasteiger partial charge is 3.00 e. The predicted molar refractivity (Wildman–Crippen MR) is 500 cm³/mol. The molecule has 20 aromatic rings. The van der Waals surface area contributed by atoms with Crippen LogP contribution in [0.5, 0.6) is 0 Å². The van der Waals surface area contributed by atoms with Gasteiger partial charge in [-0.05, 0) is 139 Å². The summed E-state index contributed by atoms with van der Waals surface area (Å²) < 4.78 is 4.45. The Morgan fingerprint density at radius 1 is 0.312 bits per heavy atom. The van der Waals surface area contributed by atoms with Crippen molar-refractivity contribution in [2.45, 2.75) is 6.17 Å². The number of nitrogens with zero attached hydrogens (tertiary/aromatic N) is 10. The minimum absolute atomic E-state index is 0. The van der Waals surface area contributed by atoms with Gasteiger partial charge in [0.25, 0.3) is 0 Å². The summed E-state index contributed by atoms with van der Waals surface area (Å²) in [5, 5.41) is 1.57. The van der Waals surface area contributed by atoms with Gasteiger partial charge < -0.3 is 37.3 Å². The molecule has 14 nitrogen and oxygen atoms in total. The van der Waals surface area contributed by atoms with Gasteiger partial charge in [-0.25, -0.2) is 0 Å². The minimum atomic E-state index is -0.561. The van der Waals surface area contributed by atoms with Crippen LogP contribution in [0.3, 0.4) is 0 Å². The number of carbonyl (C=O) groups excluding carboxylic acids is 1. The van der Waals surface area contributed by atoms with Crippen LogP contribution in [0.1, 0.15) is 5.56 Å². The summed E-state index contributed by atoms with van der Waals surface area (Å²) in [5.41, 5.74) is 29.1. The molecule has 2 unspecified atom stereocenters. The van der Waals surface area contributed by atoms with E-state index in [2.05, 4.69) is 213 Å². The van der Waals surface area contributed by atoms with Crippen LogP contribution < -0.4 is 16.7 Å². The van der Waals surface area contributed by atoms with E-state index >= 15 is 0 Å². The summed E-state index contributed by atoms with van der Waals surface area (Å²) in [7, 11) is 0. The first-order valence-corrected chi connectivity index (χ1v) is 41.4. The number of fused-ring (bicyclic) bond motifs is 8. The van der Waals surface area contributed by atoms with E-state index in [1.165, 1.54) is 13.2 Å². The van der Waals surface area contributed by atoms with E-state index in [1.807, 2.05) is 176 Å². The molecule has 23 rings (SSSR count). The summed E-state index contributed by atoms with van der Waals surface area (Å²) in [5.74, 6) is -0.511. The van der Waals surface area contributed by atoms with Gasteiger partial charge in [-0.15, -0.1) is 83.4 Å². The Balaban J connectivity index is 0.00000498. The van der Waals surface area contributed by atoms with Crippen LogP contribution in [0, 0.1) is 42.8 Å². The molecular weight excluding hydrogens is 1930 g/mol. The fraction of sp³-hybridized carbons (Fsp3) is 0.0179. The van der Waals surface area contributed by atoms with Crippen molar-refractivity contribution in [3.8, 4) is 145 Å². The molecule has 0 saturated carbocycles. The average Bonchev–Trinajstić information content (AvgIpc) is 0.763. The second-order valence-corrected chi connectivity index (χ2v) is 31.4. The third-order valence-electron chi connectivity index (χ3n) is 24.0. The zero-order valence-corrected chi connectivity index (χ0v) is 72.5. The Hall–Kier alpha value is -15.8. The molecule has 0 radical (unpaired) electrons. The third kappa shape index (κ3) is 14.2. The Labute approximate surface area is 761 Å². The summed E-state index contributed by atoms with van der Waals surface area (Å²) in [4.78, 5) is 86.5. The average molecular weight is 2000 g/mol. The molecule has 0 saturated heterocycles. The quantitative estimate of drug-likeness (QED) is 0.0762. The van der Waals surface area contributed by atoms with Crippen molar-refractivity contribution in [2.24, 2.45) is 10.9 Å². The van der Waals surface area contributed by atoms with Gasteiger partial charge in [0.15, 0.2) is 16.7 Å². The number of para-hydroxylation sites is 3. The molecule has 0 fully saturated rings. The molecule has 604 valence electrons. The molecule has 16 heteroatoms. The molecule has 9 heterocycles. The standard InChI is InChI=1S/C112H64N10O4.2Ir/c123-109-95-33-13-17-37-99(95)115-105-63-73(49-53-119(105)109)85-23-3-9-29-91(85)79-57-77(58-80(61-79)92-30-10-4-24-86(92)74-50-54-120-106(64-74)116-100-38-18-14-34-96(100)110(120)124)89-27-7-1-21-83(89)69-41-45-71(46-42-69)103-67-104(114-68-113-103)72-47-43-70(44-48-72)84-22-2-8-28-90(84)78-59-81(93-31-11-5-25-87(93)75-51-55-121-107(65-75)117-101-39-19-15-35-97(101)111(121)125)62-82(60-78)94-32-12-6-26-88(94)76-52-56-122-108(66-76)118-102-40-20-16-36-98(102)112(122)126;;/h1-45,47,49-52,57-68,95,105H;;/q-6;2*+3. The molecule has 2 aliphatic heterocycles. The smallest absolute Gasteiger partial charge is 0.403 e. The number of aliphatic imine (C=N–C) groups is 1. The van der Waals surface area contributed by atoms with Crippen molar-refractivity contribution in [2.75, 3.05) is 0 Å². The Bertz CT molecular complexity index is 8180. The van der Waals surface area contributed by atoms with Crippen molar-refractivity contribution in [1.82, 2.24) is 43.0 Å². The van der Waals surface area contributed by atoms with Crippen molar-refractivity contribution in [3.63, 3.8) is 0 Å². The maximum Gasteiger partial charge on any atom is 3.00 e. The molecule has 0 bridgehead atoms. The first-order valence-electron chi connectivity index (χ1n) is 41.4. The summed E-state index contributed by atoms with van der Waals surface area (Å²) in [6, 6.07) is 119. The minimum Gasteiger partial charge on any atom is -0.403 e. The number of allylic oxidation sites excluding steroid dienone is 5. The van der Waals surface area contributed by atoms with Gasteiger partial charge in [-0.3, -0.25) is 29.9 Å². The van der Waals surface area contributed by atoms with Crippen LogP contribution in [-0.2, 0) is 45.0 Å². The van der Waals surface area contributed by atoms with Crippen LogP contribution in [0.2, 0.25) is 0 Å². The monoisotopic (exact) mass is 2000 g/mol. The first-order chi connectivity index (χ1) is 62.1. The Morgan fingerprint density at radius 3 is 1.00 bits per heavy atom. The van der Waals surface area contributed by atoms with Crippen molar-refractivity contribution in [1.29, 1.82) is 0 Å². The van der Waals surface area contributed by atoms with Crippen LogP contribution in [0.25, 0.3) is 200 Å². The van der Waals surface area contributed by atoms with E-state index in [9.17, 15) is 19.2 Å². The van der Waals surface area contributed by atoms with E-state index in [0.29, 0.717) is 61.0 Å². The van der Waals surface area contributed by atoms with Gasteiger partial charge in [0.1, 0.15) is 12.1 Å². The molecule has 128 heavy (non-hydrogen) atoms. The molecule has 13 aromatic carbocycles. The van der Waals surface area contributed by atoms with E-state index in [4.69, 9.17) is 29.9 Å². The number of benzene rings is 13. The fourth-order valence-electron chi connectivity index (χ4n) is 17.9. The van der Waals surface area contributed by atoms with Gasteiger partial charge in [0.05, 0.1) is 28.8 Å². The van der Waals surface area contributed by atoms with Crippen LogP contribution in [0.15, 0.2) is 396 Å². The van der Waals surface area contributed by atoms with E-state index in [0.717, 1.165) is 150 Å². The molecule has 0 N–H and O–H groups in total. The molecular formula is C112H64Ir2N10O4. The van der Waals surface area contributed by atoms with Crippen LogP contribution in [0.4, 0.5) is 0 Å². The molecule has 1 amide bonds. The number of hydrogen-bond acceptors (Lipinski definition) is 10. The SMILES string of the molecule is O=C1C2C=CC=CC2=NC2C=C(c3ccccc3-c3cc(-c4ccccc4-c4c[c-]c(-c5cc(-c6[c-]cc(-c7ccccc7-c7cc(-c8ccccc8-c8c[c-]n9c(=O)c%10ccccc%10nc9c8)cc(-c8ccccc8-c8c[c-]n9c(=O)c%10ccccc%10nc9c8)c7)cc6)ncn5)cc4)cc(-c4ccccc4-c4c[c-]n5c(=O)c6ccccc6nc5c4)c3)C=[C-]N12.[Ir+3].[Ir+3]. The van der Waals surface area contributed by atoms with Crippen molar-refractivity contribution in [3.05, 3.63) is 450 Å². The summed E-state index contributed by atoms with van der Waals surface area (Å²) in [6.07, 6.45) is 25.7. The number of carbonyl (C=O) groups is 1. The molecule has 3 aliphatic rings. The number of rotatable bonds is 14. The predicted octanol–water partition coefficient (Wildman–Crippen LogP) is 22.7. The van der Waals surface area contributed by atoms with Gasteiger partial charge >= 0.3 is 40.2 Å². The maximum absolute atomic E-state index is 13.9. The normalized spacial score (nSPS) is 13.9. The topological polar surface area (TPSA) is 162 Å².